The third kappa shape index (κ3) is 4.47. The van der Waals surface area contributed by atoms with E-state index in [9.17, 15) is 4.79 Å². The van der Waals surface area contributed by atoms with Gasteiger partial charge in [-0.3, -0.25) is 4.79 Å². The van der Waals surface area contributed by atoms with Gasteiger partial charge in [-0.05, 0) is 58.5 Å². The normalized spacial score (nSPS) is 22.8. The van der Waals surface area contributed by atoms with Gasteiger partial charge in [-0.1, -0.05) is 25.7 Å². The van der Waals surface area contributed by atoms with E-state index in [0.717, 1.165) is 32.5 Å². The van der Waals surface area contributed by atoms with E-state index in [1.54, 1.807) is 0 Å². The second-order valence-corrected chi connectivity index (χ2v) is 6.97. The minimum Gasteiger partial charge on any atom is -0.340 e. The Kier molecular flexibility index (Phi) is 6.34. The number of amides is 1. The molecular weight excluding hydrogens is 248 g/mol. The lowest BCUT2D eigenvalue weighted by atomic mass is 9.94. The average molecular weight is 280 g/mol. The molecule has 0 aromatic carbocycles. The van der Waals surface area contributed by atoms with E-state index in [-0.39, 0.29) is 0 Å². The van der Waals surface area contributed by atoms with Crippen LogP contribution in [0.5, 0.6) is 0 Å². The third-order valence-electron chi connectivity index (χ3n) is 5.02. The van der Waals surface area contributed by atoms with Gasteiger partial charge in [0, 0.05) is 18.5 Å². The molecule has 1 aliphatic heterocycles. The number of piperidine rings is 1. The molecule has 0 radical (unpaired) electrons. The maximum absolute atomic E-state index is 12.9. The van der Waals surface area contributed by atoms with Gasteiger partial charge < -0.3 is 10.2 Å². The Morgan fingerprint density at radius 1 is 1.05 bits per heavy atom. The summed E-state index contributed by atoms with van der Waals surface area (Å²) in [6.45, 7) is 7.57. The molecule has 1 amide bonds. The average Bonchev–Trinajstić information content (AvgIpc) is 2.74. The highest BCUT2D eigenvalue weighted by atomic mass is 16.2. The molecule has 0 spiro atoms. The van der Waals surface area contributed by atoms with Crippen LogP contribution >= 0.6 is 0 Å². The summed E-state index contributed by atoms with van der Waals surface area (Å²) in [6, 6.07) is 0.348. The smallest absolute Gasteiger partial charge is 0.225 e. The number of rotatable bonds is 4. The van der Waals surface area contributed by atoms with E-state index < -0.39 is 0 Å². The van der Waals surface area contributed by atoms with Gasteiger partial charge in [0.15, 0.2) is 0 Å². The topological polar surface area (TPSA) is 32.3 Å². The SMILES string of the molecule is CC(C)N(CC1CCNCC1)C(=O)C1CCCCCC1. The van der Waals surface area contributed by atoms with Crippen molar-refractivity contribution in [3.05, 3.63) is 0 Å². The van der Waals surface area contributed by atoms with Gasteiger partial charge in [0.25, 0.3) is 0 Å². The van der Waals surface area contributed by atoms with Crippen LogP contribution < -0.4 is 5.32 Å². The van der Waals surface area contributed by atoms with Crippen LogP contribution in [-0.4, -0.2) is 36.5 Å². The first-order valence-corrected chi connectivity index (χ1v) is 8.69. The van der Waals surface area contributed by atoms with Gasteiger partial charge in [0.05, 0.1) is 0 Å². The zero-order valence-corrected chi connectivity index (χ0v) is 13.4. The van der Waals surface area contributed by atoms with Gasteiger partial charge >= 0.3 is 0 Å². The summed E-state index contributed by atoms with van der Waals surface area (Å²) >= 11 is 0. The van der Waals surface area contributed by atoms with Gasteiger partial charge in [-0.25, -0.2) is 0 Å². The molecule has 0 aromatic heterocycles. The number of hydrogen-bond acceptors (Lipinski definition) is 2. The van der Waals surface area contributed by atoms with Crippen LogP contribution in [0.4, 0.5) is 0 Å². The Morgan fingerprint density at radius 2 is 1.65 bits per heavy atom. The Morgan fingerprint density at radius 3 is 2.20 bits per heavy atom. The van der Waals surface area contributed by atoms with Crippen LogP contribution in [0.15, 0.2) is 0 Å². The fourth-order valence-corrected chi connectivity index (χ4v) is 3.66. The summed E-state index contributed by atoms with van der Waals surface area (Å²) in [5, 5.41) is 3.41. The summed E-state index contributed by atoms with van der Waals surface area (Å²) in [5.74, 6) is 1.45. The highest BCUT2D eigenvalue weighted by Crippen LogP contribution is 2.26. The summed E-state index contributed by atoms with van der Waals surface area (Å²) in [4.78, 5) is 15.1. The molecule has 1 aliphatic carbocycles. The number of nitrogens with one attached hydrogen (secondary N) is 1. The first-order chi connectivity index (χ1) is 9.68. The van der Waals surface area contributed by atoms with Crippen molar-refractivity contribution in [2.75, 3.05) is 19.6 Å². The number of carbonyl (C=O) groups is 1. The summed E-state index contributed by atoms with van der Waals surface area (Å²) in [5.41, 5.74) is 0. The maximum atomic E-state index is 12.9. The van der Waals surface area contributed by atoms with E-state index in [1.807, 2.05) is 0 Å². The molecule has 0 unspecified atom stereocenters. The minimum absolute atomic E-state index is 0.307. The van der Waals surface area contributed by atoms with E-state index >= 15 is 0 Å². The van der Waals surface area contributed by atoms with Crippen LogP contribution in [-0.2, 0) is 4.79 Å². The molecule has 3 nitrogen and oxygen atoms in total. The van der Waals surface area contributed by atoms with Crippen molar-refractivity contribution < 1.29 is 4.79 Å². The molecular formula is C17H32N2O. The molecule has 0 bridgehead atoms. The summed E-state index contributed by atoms with van der Waals surface area (Å²) in [6.07, 6.45) is 9.82. The zero-order chi connectivity index (χ0) is 14.4. The molecule has 0 aromatic rings. The lowest BCUT2D eigenvalue weighted by Crippen LogP contribution is -2.45. The number of carbonyl (C=O) groups excluding carboxylic acids is 1. The minimum atomic E-state index is 0.307. The van der Waals surface area contributed by atoms with Gasteiger partial charge in [-0.15, -0.1) is 0 Å². The van der Waals surface area contributed by atoms with Gasteiger partial charge in [0.2, 0.25) is 5.91 Å². The van der Waals surface area contributed by atoms with E-state index in [2.05, 4.69) is 24.1 Å². The molecule has 116 valence electrons. The van der Waals surface area contributed by atoms with Crippen LogP contribution in [0.2, 0.25) is 0 Å². The van der Waals surface area contributed by atoms with Crippen molar-refractivity contribution in [2.45, 2.75) is 71.3 Å². The molecule has 20 heavy (non-hydrogen) atoms. The van der Waals surface area contributed by atoms with Crippen LogP contribution in [0.1, 0.15) is 65.2 Å². The van der Waals surface area contributed by atoms with E-state index in [0.29, 0.717) is 23.8 Å². The standard InChI is InChI=1S/C17H32N2O/c1-14(2)19(13-15-9-11-18-12-10-15)17(20)16-7-5-3-4-6-8-16/h14-16,18H,3-13H2,1-2H3. The second-order valence-electron chi connectivity index (χ2n) is 6.97. The van der Waals surface area contributed by atoms with Crippen LogP contribution in [0.25, 0.3) is 0 Å². The fourth-order valence-electron chi connectivity index (χ4n) is 3.66. The third-order valence-corrected chi connectivity index (χ3v) is 5.02. The van der Waals surface area contributed by atoms with Crippen LogP contribution in [0.3, 0.4) is 0 Å². The van der Waals surface area contributed by atoms with E-state index in [4.69, 9.17) is 0 Å². The first-order valence-electron chi connectivity index (χ1n) is 8.69. The summed E-state index contributed by atoms with van der Waals surface area (Å²) in [7, 11) is 0. The lowest BCUT2D eigenvalue weighted by molar-refractivity contribution is -0.138. The number of hydrogen-bond donors (Lipinski definition) is 1. The predicted octanol–water partition coefficient (Wildman–Crippen LogP) is 3.19. The molecule has 1 saturated heterocycles. The van der Waals surface area contributed by atoms with Crippen molar-refractivity contribution in [1.82, 2.24) is 10.2 Å². The van der Waals surface area contributed by atoms with Crippen molar-refractivity contribution in [1.29, 1.82) is 0 Å². The summed E-state index contributed by atoms with van der Waals surface area (Å²) < 4.78 is 0. The van der Waals surface area contributed by atoms with Crippen molar-refractivity contribution in [3.8, 4) is 0 Å². The first kappa shape index (κ1) is 15.8. The van der Waals surface area contributed by atoms with E-state index in [1.165, 1.54) is 38.5 Å². The molecule has 2 fully saturated rings. The van der Waals surface area contributed by atoms with Gasteiger partial charge in [0.1, 0.15) is 0 Å². The monoisotopic (exact) mass is 280 g/mol. The van der Waals surface area contributed by atoms with Crippen molar-refractivity contribution >= 4 is 5.91 Å². The Balaban J connectivity index is 1.93. The molecule has 3 heteroatoms. The van der Waals surface area contributed by atoms with Crippen molar-refractivity contribution in [2.24, 2.45) is 11.8 Å². The number of nitrogens with zero attached hydrogens (tertiary/aromatic N) is 1. The Bertz CT molecular complexity index is 289. The zero-order valence-electron chi connectivity index (χ0n) is 13.4. The van der Waals surface area contributed by atoms with Crippen LogP contribution in [0, 0.1) is 11.8 Å². The molecule has 2 aliphatic rings. The largest absolute Gasteiger partial charge is 0.340 e. The lowest BCUT2D eigenvalue weighted by Gasteiger charge is -2.35. The molecule has 1 N–H and O–H groups in total. The maximum Gasteiger partial charge on any atom is 0.225 e. The molecule has 0 atom stereocenters. The quantitative estimate of drug-likeness (QED) is 0.802. The fraction of sp³-hybridized carbons (Fsp3) is 0.941. The highest BCUT2D eigenvalue weighted by Gasteiger charge is 2.28. The highest BCUT2D eigenvalue weighted by molar-refractivity contribution is 5.79. The molecule has 1 saturated carbocycles. The molecule has 1 heterocycles. The van der Waals surface area contributed by atoms with Crippen molar-refractivity contribution in [3.63, 3.8) is 0 Å². The predicted molar refractivity (Wildman–Crippen MR) is 83.6 cm³/mol. The molecule has 2 rings (SSSR count). The Hall–Kier alpha value is -0.570. The second kappa shape index (κ2) is 8.02. The Labute approximate surface area is 124 Å². The van der Waals surface area contributed by atoms with Gasteiger partial charge in [-0.2, -0.15) is 0 Å².